The molecule has 0 fully saturated rings. The number of hydrogen-bond acceptors (Lipinski definition) is 3. The molecule has 0 aliphatic heterocycles. The van der Waals surface area contributed by atoms with E-state index in [2.05, 4.69) is 10.1 Å². The Bertz CT molecular complexity index is 404. The highest BCUT2D eigenvalue weighted by atomic mass is 15.3. The van der Waals surface area contributed by atoms with Gasteiger partial charge in [0, 0.05) is 18.3 Å². The monoisotopic (exact) mass is 162 g/mol. The number of pyridine rings is 1. The van der Waals surface area contributed by atoms with E-state index in [-0.39, 0.29) is 0 Å². The van der Waals surface area contributed by atoms with E-state index in [9.17, 15) is 0 Å². The number of nitrogens with two attached hydrogens (primary N) is 1. The first-order chi connectivity index (χ1) is 5.81. The molecule has 62 valence electrons. The predicted molar refractivity (Wildman–Crippen MR) is 45.6 cm³/mol. The van der Waals surface area contributed by atoms with Crippen molar-refractivity contribution in [2.75, 3.05) is 0 Å². The van der Waals surface area contributed by atoms with E-state index < -0.39 is 0 Å². The number of aromatic nitrogens is 3. The molecule has 0 aliphatic rings. The summed E-state index contributed by atoms with van der Waals surface area (Å²) in [7, 11) is 0. The summed E-state index contributed by atoms with van der Waals surface area (Å²) in [5, 5.41) is 4.04. The summed E-state index contributed by atoms with van der Waals surface area (Å²) in [4.78, 5) is 4.10. The van der Waals surface area contributed by atoms with Crippen LogP contribution in [0.5, 0.6) is 0 Å². The second kappa shape index (κ2) is 2.57. The van der Waals surface area contributed by atoms with Gasteiger partial charge in [-0.25, -0.2) is 9.50 Å². The maximum atomic E-state index is 5.56. The van der Waals surface area contributed by atoms with Crippen molar-refractivity contribution in [3.05, 3.63) is 29.7 Å². The third-order valence-electron chi connectivity index (χ3n) is 1.81. The normalized spacial score (nSPS) is 10.8. The van der Waals surface area contributed by atoms with Crippen LogP contribution in [0, 0.1) is 6.92 Å². The lowest BCUT2D eigenvalue weighted by Gasteiger charge is -2.00. The molecule has 2 heterocycles. The fraction of sp³-hybridized carbons (Fsp3) is 0.250. The summed E-state index contributed by atoms with van der Waals surface area (Å²) < 4.78 is 1.75. The van der Waals surface area contributed by atoms with E-state index in [1.165, 1.54) is 6.33 Å². The van der Waals surface area contributed by atoms with E-state index in [0.717, 1.165) is 16.8 Å². The Morgan fingerprint density at radius 1 is 1.58 bits per heavy atom. The molecule has 0 spiro atoms. The Morgan fingerprint density at radius 2 is 2.42 bits per heavy atom. The molecule has 12 heavy (non-hydrogen) atoms. The van der Waals surface area contributed by atoms with Gasteiger partial charge in [0.25, 0.3) is 0 Å². The molecule has 0 atom stereocenters. The Kier molecular flexibility index (Phi) is 1.55. The van der Waals surface area contributed by atoms with Gasteiger partial charge < -0.3 is 5.73 Å². The summed E-state index contributed by atoms with van der Waals surface area (Å²) in [6.45, 7) is 2.52. The van der Waals surface area contributed by atoms with Gasteiger partial charge in [0.05, 0.1) is 0 Å². The van der Waals surface area contributed by atoms with Crippen molar-refractivity contribution in [3.8, 4) is 0 Å². The first-order valence-electron chi connectivity index (χ1n) is 3.80. The standard InChI is InChI=1S/C8H10N4/c1-6-2-7(3-9)8-10-5-11-12(8)4-6/h2,4-5H,3,9H2,1H3. The SMILES string of the molecule is Cc1cc(CN)c2ncnn2c1. The van der Waals surface area contributed by atoms with Crippen molar-refractivity contribution in [2.24, 2.45) is 5.73 Å². The highest BCUT2D eigenvalue weighted by molar-refractivity contribution is 5.47. The van der Waals surface area contributed by atoms with E-state index >= 15 is 0 Å². The van der Waals surface area contributed by atoms with Gasteiger partial charge in [0.15, 0.2) is 5.65 Å². The lowest BCUT2D eigenvalue weighted by Crippen LogP contribution is -2.01. The van der Waals surface area contributed by atoms with Gasteiger partial charge in [0.2, 0.25) is 0 Å². The van der Waals surface area contributed by atoms with Gasteiger partial charge in [-0.2, -0.15) is 5.10 Å². The maximum absolute atomic E-state index is 5.56. The van der Waals surface area contributed by atoms with Crippen molar-refractivity contribution in [3.63, 3.8) is 0 Å². The third-order valence-corrected chi connectivity index (χ3v) is 1.81. The topological polar surface area (TPSA) is 56.2 Å². The van der Waals surface area contributed by atoms with Crippen LogP contribution in [-0.2, 0) is 6.54 Å². The lowest BCUT2D eigenvalue weighted by atomic mass is 10.2. The number of aryl methyl sites for hydroxylation is 1. The minimum atomic E-state index is 0.504. The predicted octanol–water partition coefficient (Wildman–Crippen LogP) is 0.496. The molecule has 0 bridgehead atoms. The highest BCUT2D eigenvalue weighted by Crippen LogP contribution is 2.08. The van der Waals surface area contributed by atoms with Crippen LogP contribution >= 0.6 is 0 Å². The summed E-state index contributed by atoms with van der Waals surface area (Å²) in [5.74, 6) is 0. The Labute approximate surface area is 70.0 Å². The van der Waals surface area contributed by atoms with Gasteiger partial charge in [-0.15, -0.1) is 0 Å². The fourth-order valence-corrected chi connectivity index (χ4v) is 1.29. The summed E-state index contributed by atoms with van der Waals surface area (Å²) in [6.07, 6.45) is 3.47. The first kappa shape index (κ1) is 7.24. The second-order valence-corrected chi connectivity index (χ2v) is 2.78. The van der Waals surface area contributed by atoms with E-state index in [4.69, 9.17) is 5.73 Å². The molecular formula is C8H10N4. The largest absolute Gasteiger partial charge is 0.326 e. The zero-order valence-corrected chi connectivity index (χ0v) is 6.86. The fourth-order valence-electron chi connectivity index (χ4n) is 1.29. The van der Waals surface area contributed by atoms with E-state index in [1.54, 1.807) is 4.52 Å². The number of nitrogens with zero attached hydrogens (tertiary/aromatic N) is 3. The van der Waals surface area contributed by atoms with Gasteiger partial charge in [0.1, 0.15) is 6.33 Å². The Morgan fingerprint density at radius 3 is 3.17 bits per heavy atom. The minimum absolute atomic E-state index is 0.504. The molecule has 4 nitrogen and oxygen atoms in total. The highest BCUT2D eigenvalue weighted by Gasteiger charge is 2.01. The number of hydrogen-bond donors (Lipinski definition) is 1. The Balaban J connectivity index is 2.80. The average molecular weight is 162 g/mol. The van der Waals surface area contributed by atoms with Crippen LogP contribution in [0.2, 0.25) is 0 Å². The molecule has 2 N–H and O–H groups in total. The second-order valence-electron chi connectivity index (χ2n) is 2.78. The van der Waals surface area contributed by atoms with Crippen molar-refractivity contribution in [1.82, 2.24) is 14.6 Å². The zero-order valence-electron chi connectivity index (χ0n) is 6.86. The van der Waals surface area contributed by atoms with Crippen molar-refractivity contribution < 1.29 is 0 Å². The zero-order chi connectivity index (χ0) is 8.55. The number of rotatable bonds is 1. The van der Waals surface area contributed by atoms with Gasteiger partial charge in [-0.1, -0.05) is 0 Å². The van der Waals surface area contributed by atoms with Crippen LogP contribution in [-0.4, -0.2) is 14.6 Å². The molecule has 0 radical (unpaired) electrons. The van der Waals surface area contributed by atoms with E-state index in [1.807, 2.05) is 19.2 Å². The maximum Gasteiger partial charge on any atom is 0.159 e. The van der Waals surface area contributed by atoms with Crippen LogP contribution in [0.15, 0.2) is 18.6 Å². The van der Waals surface area contributed by atoms with Crippen molar-refractivity contribution in [1.29, 1.82) is 0 Å². The first-order valence-corrected chi connectivity index (χ1v) is 3.80. The van der Waals surface area contributed by atoms with Crippen LogP contribution < -0.4 is 5.73 Å². The summed E-state index contributed by atoms with van der Waals surface area (Å²) in [5.41, 5.74) is 8.59. The smallest absolute Gasteiger partial charge is 0.159 e. The Hall–Kier alpha value is -1.42. The van der Waals surface area contributed by atoms with Crippen molar-refractivity contribution >= 4 is 5.65 Å². The molecule has 2 aromatic heterocycles. The molecule has 0 saturated heterocycles. The molecule has 4 heteroatoms. The van der Waals surface area contributed by atoms with Crippen LogP contribution in [0.1, 0.15) is 11.1 Å². The third kappa shape index (κ3) is 0.967. The molecule has 0 unspecified atom stereocenters. The van der Waals surface area contributed by atoms with Gasteiger partial charge in [-0.05, 0) is 18.6 Å². The van der Waals surface area contributed by atoms with Crippen LogP contribution in [0.3, 0.4) is 0 Å². The van der Waals surface area contributed by atoms with Crippen molar-refractivity contribution in [2.45, 2.75) is 13.5 Å². The lowest BCUT2D eigenvalue weighted by molar-refractivity contribution is 0.931. The van der Waals surface area contributed by atoms with Crippen LogP contribution in [0.4, 0.5) is 0 Å². The van der Waals surface area contributed by atoms with Gasteiger partial charge in [-0.3, -0.25) is 0 Å². The molecule has 2 aromatic rings. The minimum Gasteiger partial charge on any atom is -0.326 e. The molecule has 0 amide bonds. The number of fused-ring (bicyclic) bond motifs is 1. The molecular weight excluding hydrogens is 152 g/mol. The van der Waals surface area contributed by atoms with Crippen LogP contribution in [0.25, 0.3) is 5.65 Å². The quantitative estimate of drug-likeness (QED) is 0.664. The molecule has 2 rings (SSSR count). The average Bonchev–Trinajstić information content (AvgIpc) is 2.50. The molecule has 0 aliphatic carbocycles. The van der Waals surface area contributed by atoms with E-state index in [0.29, 0.717) is 6.54 Å². The summed E-state index contributed by atoms with van der Waals surface area (Å²) in [6, 6.07) is 2.03. The van der Waals surface area contributed by atoms with Gasteiger partial charge >= 0.3 is 0 Å². The summed E-state index contributed by atoms with van der Waals surface area (Å²) >= 11 is 0. The molecule has 0 aromatic carbocycles. The molecule has 0 saturated carbocycles.